The lowest BCUT2D eigenvalue weighted by Crippen LogP contribution is -2.33. The molecule has 2 aliphatic heterocycles. The van der Waals surface area contributed by atoms with Crippen molar-refractivity contribution in [1.82, 2.24) is 24.8 Å². The number of pyridine rings is 1. The van der Waals surface area contributed by atoms with Gasteiger partial charge < -0.3 is 15.4 Å². The summed E-state index contributed by atoms with van der Waals surface area (Å²) in [5.74, 6) is 1.45. The van der Waals surface area contributed by atoms with Crippen LogP contribution in [0.25, 0.3) is 32.9 Å². The van der Waals surface area contributed by atoms with E-state index >= 15 is 0 Å². The van der Waals surface area contributed by atoms with Crippen molar-refractivity contribution in [2.75, 3.05) is 32.8 Å². The number of rotatable bonds is 7. The van der Waals surface area contributed by atoms with Crippen LogP contribution in [0.3, 0.4) is 0 Å². The SMILES string of the molecule is [C-]#[N+]c1ccc(-c2cc(OC[C@@H]3CCNC3)c3nn(CC4CCNCC4)c(=O)n3c2-c2ccc(C)cc2)cc1. The van der Waals surface area contributed by atoms with Crippen molar-refractivity contribution < 1.29 is 4.74 Å². The molecule has 2 fully saturated rings. The van der Waals surface area contributed by atoms with E-state index in [1.165, 1.54) is 0 Å². The molecule has 0 spiro atoms. The largest absolute Gasteiger partial charge is 0.489 e. The summed E-state index contributed by atoms with van der Waals surface area (Å²) in [6.07, 6.45) is 3.13. The Balaban J connectivity index is 1.55. The predicted octanol–water partition coefficient (Wildman–Crippen LogP) is 4.68. The van der Waals surface area contributed by atoms with Gasteiger partial charge in [0.2, 0.25) is 5.65 Å². The number of ether oxygens (including phenoxy) is 1. The van der Waals surface area contributed by atoms with Gasteiger partial charge in [0.15, 0.2) is 11.4 Å². The van der Waals surface area contributed by atoms with Gasteiger partial charge in [0, 0.05) is 24.6 Å². The van der Waals surface area contributed by atoms with Crippen LogP contribution in [-0.4, -0.2) is 47.0 Å². The smallest absolute Gasteiger partial charge is 0.350 e. The quantitative estimate of drug-likeness (QED) is 0.345. The molecule has 6 rings (SSSR count). The summed E-state index contributed by atoms with van der Waals surface area (Å²) in [5.41, 5.74) is 5.66. The highest BCUT2D eigenvalue weighted by Gasteiger charge is 2.25. The fourth-order valence-electron chi connectivity index (χ4n) is 5.68. The summed E-state index contributed by atoms with van der Waals surface area (Å²) < 4.78 is 9.82. The van der Waals surface area contributed by atoms with Crippen LogP contribution in [0.4, 0.5) is 5.69 Å². The number of aryl methyl sites for hydroxylation is 1. The third kappa shape index (κ3) is 5.20. The maximum absolute atomic E-state index is 14.1. The standard InChI is InChI=1S/C31H34N6O2/c1-21-3-5-25(6-4-21)29-27(24-7-9-26(32-2)10-8-24)17-28(39-20-23-13-16-34-18-23)30-35-36(31(38)37(29)30)19-22-11-14-33-15-12-22/h3-10,17,22-23,33-34H,11-16,18-20H2,1H3/t23-/m1/s1. The second kappa shape index (κ2) is 11.0. The number of piperidine rings is 1. The fourth-order valence-corrected chi connectivity index (χ4v) is 5.68. The van der Waals surface area contributed by atoms with Crippen LogP contribution < -0.4 is 21.1 Å². The van der Waals surface area contributed by atoms with Crippen LogP contribution >= 0.6 is 0 Å². The van der Waals surface area contributed by atoms with E-state index in [-0.39, 0.29) is 5.69 Å². The summed E-state index contributed by atoms with van der Waals surface area (Å²) in [6.45, 7) is 14.5. The highest BCUT2D eigenvalue weighted by Crippen LogP contribution is 2.37. The molecule has 0 saturated carbocycles. The molecule has 1 atom stereocenters. The Bertz CT molecular complexity index is 1550. The number of hydrogen-bond acceptors (Lipinski definition) is 5. The number of nitrogens with one attached hydrogen (secondary N) is 2. The van der Waals surface area contributed by atoms with Gasteiger partial charge >= 0.3 is 5.69 Å². The zero-order valence-corrected chi connectivity index (χ0v) is 22.3. The van der Waals surface area contributed by atoms with Crippen LogP contribution in [0.1, 0.15) is 24.8 Å². The van der Waals surface area contributed by atoms with Crippen LogP contribution in [-0.2, 0) is 6.54 Å². The minimum absolute atomic E-state index is 0.147. The molecule has 8 heteroatoms. The molecule has 0 bridgehead atoms. The molecular weight excluding hydrogens is 488 g/mol. The van der Waals surface area contributed by atoms with E-state index in [2.05, 4.69) is 46.7 Å². The van der Waals surface area contributed by atoms with Crippen molar-refractivity contribution in [1.29, 1.82) is 0 Å². The lowest BCUT2D eigenvalue weighted by atomic mass is 9.97. The minimum atomic E-state index is -0.147. The van der Waals surface area contributed by atoms with Crippen molar-refractivity contribution in [3.05, 3.63) is 82.1 Å². The predicted molar refractivity (Wildman–Crippen MR) is 153 cm³/mol. The molecule has 2 aliphatic rings. The first-order chi connectivity index (χ1) is 19.1. The van der Waals surface area contributed by atoms with Crippen molar-refractivity contribution in [2.45, 2.75) is 32.7 Å². The van der Waals surface area contributed by atoms with Gasteiger partial charge in [0.1, 0.15) is 0 Å². The lowest BCUT2D eigenvalue weighted by molar-refractivity contribution is 0.261. The average molecular weight is 523 g/mol. The molecule has 0 aliphatic carbocycles. The van der Waals surface area contributed by atoms with Crippen molar-refractivity contribution in [3.8, 4) is 28.1 Å². The van der Waals surface area contributed by atoms with Gasteiger partial charge in [-0.25, -0.2) is 18.7 Å². The van der Waals surface area contributed by atoms with Crippen LogP contribution in [0.15, 0.2) is 59.4 Å². The van der Waals surface area contributed by atoms with E-state index in [1.54, 1.807) is 9.08 Å². The molecule has 2 saturated heterocycles. The highest BCUT2D eigenvalue weighted by molar-refractivity contribution is 5.85. The van der Waals surface area contributed by atoms with E-state index in [0.717, 1.165) is 73.4 Å². The third-order valence-corrected chi connectivity index (χ3v) is 7.97. The van der Waals surface area contributed by atoms with E-state index in [0.29, 0.717) is 42.1 Å². The van der Waals surface area contributed by atoms with E-state index in [1.807, 2.05) is 30.3 Å². The molecule has 4 aromatic rings. The minimum Gasteiger partial charge on any atom is -0.489 e. The maximum atomic E-state index is 14.1. The molecule has 2 aromatic heterocycles. The first-order valence-corrected chi connectivity index (χ1v) is 13.9. The molecule has 2 aromatic carbocycles. The van der Waals surface area contributed by atoms with Gasteiger partial charge in [0.05, 0.1) is 18.9 Å². The van der Waals surface area contributed by atoms with Gasteiger partial charge in [-0.15, -0.1) is 5.10 Å². The first kappa shape index (κ1) is 25.4. The normalized spacial score (nSPS) is 17.9. The number of aromatic nitrogens is 3. The zero-order chi connectivity index (χ0) is 26.8. The molecule has 39 heavy (non-hydrogen) atoms. The molecule has 0 unspecified atom stereocenters. The summed E-state index contributed by atoms with van der Waals surface area (Å²) in [5, 5.41) is 11.7. The lowest BCUT2D eigenvalue weighted by Gasteiger charge is -2.21. The number of nitrogens with zero attached hydrogens (tertiary/aromatic N) is 4. The number of benzene rings is 2. The van der Waals surface area contributed by atoms with E-state index < -0.39 is 0 Å². The summed E-state index contributed by atoms with van der Waals surface area (Å²) in [4.78, 5) is 17.7. The maximum Gasteiger partial charge on any atom is 0.350 e. The second-order valence-corrected chi connectivity index (χ2v) is 10.8. The molecule has 2 N–H and O–H groups in total. The summed E-state index contributed by atoms with van der Waals surface area (Å²) >= 11 is 0. The molecular formula is C31H34N6O2. The number of fused-ring (bicyclic) bond motifs is 1. The first-order valence-electron chi connectivity index (χ1n) is 13.9. The summed E-state index contributed by atoms with van der Waals surface area (Å²) in [6, 6.07) is 17.8. The Morgan fingerprint density at radius 1 is 0.974 bits per heavy atom. The molecule has 4 heterocycles. The Kier molecular flexibility index (Phi) is 7.18. The van der Waals surface area contributed by atoms with Crippen molar-refractivity contribution in [2.24, 2.45) is 11.8 Å². The molecule has 0 radical (unpaired) electrons. The van der Waals surface area contributed by atoms with Crippen LogP contribution in [0, 0.1) is 25.3 Å². The third-order valence-electron chi connectivity index (χ3n) is 7.97. The molecule has 0 amide bonds. The van der Waals surface area contributed by atoms with Crippen LogP contribution in [0.2, 0.25) is 0 Å². The van der Waals surface area contributed by atoms with Gasteiger partial charge in [-0.3, -0.25) is 0 Å². The molecule has 8 nitrogen and oxygen atoms in total. The van der Waals surface area contributed by atoms with Crippen LogP contribution in [0.5, 0.6) is 5.75 Å². The van der Waals surface area contributed by atoms with Crippen molar-refractivity contribution >= 4 is 11.3 Å². The average Bonchev–Trinajstić information content (AvgIpc) is 3.61. The second-order valence-electron chi connectivity index (χ2n) is 10.8. The number of hydrogen-bond donors (Lipinski definition) is 2. The van der Waals surface area contributed by atoms with Gasteiger partial charge in [-0.1, -0.05) is 54.1 Å². The Morgan fingerprint density at radius 3 is 2.36 bits per heavy atom. The summed E-state index contributed by atoms with van der Waals surface area (Å²) in [7, 11) is 0. The van der Waals surface area contributed by atoms with E-state index in [9.17, 15) is 4.79 Å². The van der Waals surface area contributed by atoms with Gasteiger partial charge in [0.25, 0.3) is 0 Å². The van der Waals surface area contributed by atoms with E-state index in [4.69, 9.17) is 16.4 Å². The Labute approximate surface area is 228 Å². The molecule has 200 valence electrons. The van der Waals surface area contributed by atoms with Gasteiger partial charge in [-0.2, -0.15) is 0 Å². The Hall–Kier alpha value is -3.93. The monoisotopic (exact) mass is 522 g/mol. The van der Waals surface area contributed by atoms with Crippen molar-refractivity contribution in [3.63, 3.8) is 0 Å². The Morgan fingerprint density at radius 2 is 1.67 bits per heavy atom. The topological polar surface area (TPSA) is 76.9 Å². The fraction of sp³-hybridized carbons (Fsp3) is 0.387. The highest BCUT2D eigenvalue weighted by atomic mass is 16.5. The van der Waals surface area contributed by atoms with Gasteiger partial charge in [-0.05, 0) is 68.9 Å². The zero-order valence-electron chi connectivity index (χ0n) is 22.3.